The molecule has 27 heavy (non-hydrogen) atoms. The second kappa shape index (κ2) is 6.73. The van der Waals surface area contributed by atoms with Crippen molar-refractivity contribution in [1.29, 1.82) is 0 Å². The number of aliphatic hydroxyl groups excluding tert-OH is 1. The van der Waals surface area contributed by atoms with Crippen LogP contribution in [-0.2, 0) is 6.54 Å². The fraction of sp³-hybridized carbons (Fsp3) is 0.105. The van der Waals surface area contributed by atoms with Crippen molar-refractivity contribution in [1.82, 2.24) is 19.3 Å². The van der Waals surface area contributed by atoms with E-state index in [9.17, 15) is 18.7 Å². The summed E-state index contributed by atoms with van der Waals surface area (Å²) in [5, 5.41) is 14.7. The molecule has 2 aromatic carbocycles. The molecule has 0 saturated carbocycles. The van der Waals surface area contributed by atoms with E-state index >= 15 is 0 Å². The Hall–Kier alpha value is -3.39. The Labute approximate surface area is 152 Å². The van der Waals surface area contributed by atoms with Crippen molar-refractivity contribution < 1.29 is 13.9 Å². The normalized spacial score (nSPS) is 12.4. The predicted molar refractivity (Wildman–Crippen MR) is 94.4 cm³/mol. The largest absolute Gasteiger partial charge is 0.386 e. The third-order valence-electron chi connectivity index (χ3n) is 4.26. The van der Waals surface area contributed by atoms with E-state index in [0.717, 1.165) is 0 Å². The van der Waals surface area contributed by atoms with Crippen LogP contribution in [-0.4, -0.2) is 24.4 Å². The zero-order valence-corrected chi connectivity index (χ0v) is 14.0. The second-order valence-electron chi connectivity index (χ2n) is 6.01. The van der Waals surface area contributed by atoms with Gasteiger partial charge >= 0.3 is 0 Å². The molecule has 8 heteroatoms. The maximum absolute atomic E-state index is 13.8. The van der Waals surface area contributed by atoms with Crippen LogP contribution in [0.15, 0.2) is 65.8 Å². The van der Waals surface area contributed by atoms with Gasteiger partial charge in [-0.2, -0.15) is 5.10 Å². The van der Waals surface area contributed by atoms with Crippen LogP contribution in [0.3, 0.4) is 0 Å². The molecule has 4 rings (SSSR count). The lowest BCUT2D eigenvalue weighted by Crippen LogP contribution is -2.24. The van der Waals surface area contributed by atoms with E-state index in [0.29, 0.717) is 11.3 Å². The Morgan fingerprint density at radius 3 is 2.56 bits per heavy atom. The zero-order chi connectivity index (χ0) is 19.0. The van der Waals surface area contributed by atoms with E-state index in [1.807, 2.05) is 0 Å². The minimum absolute atomic E-state index is 0.103. The summed E-state index contributed by atoms with van der Waals surface area (Å²) >= 11 is 0. The molecule has 1 atom stereocenters. The number of hydrogen-bond donors (Lipinski definition) is 1. The summed E-state index contributed by atoms with van der Waals surface area (Å²) in [6.45, 7) is -0.148. The molecule has 4 aromatic rings. The van der Waals surface area contributed by atoms with Crippen LogP contribution >= 0.6 is 0 Å². The average Bonchev–Trinajstić information content (AvgIpc) is 3.10. The first-order valence-corrected chi connectivity index (χ1v) is 8.16. The van der Waals surface area contributed by atoms with Gasteiger partial charge in [-0.25, -0.2) is 18.4 Å². The van der Waals surface area contributed by atoms with Crippen molar-refractivity contribution in [2.75, 3.05) is 0 Å². The Kier molecular flexibility index (Phi) is 4.25. The van der Waals surface area contributed by atoms with E-state index in [-0.39, 0.29) is 23.3 Å². The lowest BCUT2D eigenvalue weighted by Gasteiger charge is -2.13. The van der Waals surface area contributed by atoms with Gasteiger partial charge in [0.15, 0.2) is 5.65 Å². The Balaban J connectivity index is 1.70. The molecule has 136 valence electrons. The summed E-state index contributed by atoms with van der Waals surface area (Å²) < 4.78 is 29.5. The number of aliphatic hydroxyl groups is 1. The van der Waals surface area contributed by atoms with Gasteiger partial charge in [0.05, 0.1) is 24.5 Å². The van der Waals surface area contributed by atoms with Gasteiger partial charge < -0.3 is 5.11 Å². The lowest BCUT2D eigenvalue weighted by atomic mass is 10.1. The van der Waals surface area contributed by atoms with Crippen molar-refractivity contribution in [2.45, 2.75) is 12.6 Å². The highest BCUT2D eigenvalue weighted by molar-refractivity contribution is 5.74. The molecule has 2 heterocycles. The molecule has 2 aromatic heterocycles. The van der Waals surface area contributed by atoms with Crippen LogP contribution in [0.5, 0.6) is 0 Å². The minimum Gasteiger partial charge on any atom is -0.386 e. The molecular weight excluding hydrogens is 354 g/mol. The molecular formula is C19H14F2N4O2. The summed E-state index contributed by atoms with van der Waals surface area (Å²) in [6, 6.07) is 11.5. The van der Waals surface area contributed by atoms with Crippen LogP contribution in [0.25, 0.3) is 16.7 Å². The number of fused-ring (bicyclic) bond motifs is 1. The SMILES string of the molecule is O=c1c2cnn(-c3ccc(F)cc3)c2ncn1CC(O)c1ccccc1F. The van der Waals surface area contributed by atoms with Gasteiger partial charge in [-0.3, -0.25) is 9.36 Å². The van der Waals surface area contributed by atoms with Crippen LogP contribution in [0.4, 0.5) is 8.78 Å². The highest BCUT2D eigenvalue weighted by Gasteiger charge is 2.16. The predicted octanol–water partition coefficient (Wildman–Crippen LogP) is 2.59. The molecule has 1 N–H and O–H groups in total. The fourth-order valence-corrected chi connectivity index (χ4v) is 2.88. The quantitative estimate of drug-likeness (QED) is 0.601. The third-order valence-corrected chi connectivity index (χ3v) is 4.26. The Morgan fingerprint density at radius 1 is 1.07 bits per heavy atom. The van der Waals surface area contributed by atoms with E-state index in [2.05, 4.69) is 10.1 Å². The van der Waals surface area contributed by atoms with Crippen molar-refractivity contribution in [3.63, 3.8) is 0 Å². The smallest absolute Gasteiger partial charge is 0.264 e. The Bertz CT molecular complexity index is 1170. The summed E-state index contributed by atoms with van der Waals surface area (Å²) in [5.41, 5.74) is 0.556. The van der Waals surface area contributed by atoms with Gasteiger partial charge in [0.1, 0.15) is 23.3 Å². The van der Waals surface area contributed by atoms with Crippen molar-refractivity contribution in [3.05, 3.63) is 88.6 Å². The first-order valence-electron chi connectivity index (χ1n) is 8.16. The fourth-order valence-electron chi connectivity index (χ4n) is 2.88. The maximum atomic E-state index is 13.8. The monoisotopic (exact) mass is 368 g/mol. The van der Waals surface area contributed by atoms with Crippen LogP contribution in [0, 0.1) is 11.6 Å². The van der Waals surface area contributed by atoms with Crippen molar-refractivity contribution in [3.8, 4) is 5.69 Å². The summed E-state index contributed by atoms with van der Waals surface area (Å²) in [7, 11) is 0. The van der Waals surface area contributed by atoms with Gasteiger partial charge in [-0.15, -0.1) is 0 Å². The number of hydrogen-bond acceptors (Lipinski definition) is 4. The number of halogens is 2. The zero-order valence-electron chi connectivity index (χ0n) is 14.0. The van der Waals surface area contributed by atoms with Gasteiger partial charge in [0.25, 0.3) is 5.56 Å². The first kappa shape index (κ1) is 17.0. The molecule has 0 aliphatic carbocycles. The van der Waals surface area contributed by atoms with E-state index in [1.165, 1.54) is 64.2 Å². The van der Waals surface area contributed by atoms with Gasteiger partial charge in [0.2, 0.25) is 0 Å². The number of benzene rings is 2. The lowest BCUT2D eigenvalue weighted by molar-refractivity contribution is 0.150. The number of nitrogens with zero attached hydrogens (tertiary/aromatic N) is 4. The van der Waals surface area contributed by atoms with Crippen molar-refractivity contribution in [2.24, 2.45) is 0 Å². The average molecular weight is 368 g/mol. The molecule has 0 saturated heterocycles. The molecule has 0 radical (unpaired) electrons. The topological polar surface area (TPSA) is 72.9 Å². The molecule has 0 spiro atoms. The molecule has 0 bridgehead atoms. The van der Waals surface area contributed by atoms with Crippen LogP contribution < -0.4 is 5.56 Å². The molecule has 0 aliphatic rings. The van der Waals surface area contributed by atoms with E-state index < -0.39 is 17.5 Å². The van der Waals surface area contributed by atoms with Gasteiger partial charge in [0, 0.05) is 5.56 Å². The highest BCUT2D eigenvalue weighted by atomic mass is 19.1. The summed E-state index contributed by atoms with van der Waals surface area (Å²) in [6.07, 6.45) is 1.44. The standard InChI is InChI=1S/C19H14F2N4O2/c20-12-5-7-13(8-6-12)25-18-15(9-23-25)19(27)24(11-22-18)10-17(26)14-3-1-2-4-16(14)21/h1-9,11,17,26H,10H2. The Morgan fingerprint density at radius 2 is 1.81 bits per heavy atom. The van der Waals surface area contributed by atoms with Gasteiger partial charge in [-0.05, 0) is 30.3 Å². The molecule has 6 nitrogen and oxygen atoms in total. The van der Waals surface area contributed by atoms with E-state index in [1.54, 1.807) is 6.07 Å². The summed E-state index contributed by atoms with van der Waals surface area (Å²) in [4.78, 5) is 16.9. The van der Waals surface area contributed by atoms with Crippen LogP contribution in [0.1, 0.15) is 11.7 Å². The molecule has 1 unspecified atom stereocenters. The van der Waals surface area contributed by atoms with Crippen LogP contribution in [0.2, 0.25) is 0 Å². The van der Waals surface area contributed by atoms with Crippen molar-refractivity contribution >= 4 is 11.0 Å². The van der Waals surface area contributed by atoms with E-state index in [4.69, 9.17) is 0 Å². The highest BCUT2D eigenvalue weighted by Crippen LogP contribution is 2.19. The number of rotatable bonds is 4. The minimum atomic E-state index is -1.20. The third kappa shape index (κ3) is 3.11. The maximum Gasteiger partial charge on any atom is 0.264 e. The number of aromatic nitrogens is 4. The molecule has 0 aliphatic heterocycles. The molecule has 0 fully saturated rings. The molecule has 0 amide bonds. The second-order valence-corrected chi connectivity index (χ2v) is 6.01. The van der Waals surface area contributed by atoms with Gasteiger partial charge in [-0.1, -0.05) is 18.2 Å². The summed E-state index contributed by atoms with van der Waals surface area (Å²) in [5.74, 6) is -0.927. The first-order chi connectivity index (χ1) is 13.0.